The summed E-state index contributed by atoms with van der Waals surface area (Å²) in [5.41, 5.74) is 3.52. The first-order valence-electron chi connectivity index (χ1n) is 12.8. The Morgan fingerprint density at radius 1 is 0.947 bits per heavy atom. The van der Waals surface area contributed by atoms with Gasteiger partial charge in [-0.05, 0) is 36.6 Å². The Balaban J connectivity index is 1.25. The number of aliphatic hydroxyl groups is 1. The van der Waals surface area contributed by atoms with E-state index in [-0.39, 0.29) is 17.3 Å². The maximum absolute atomic E-state index is 9.91. The van der Waals surface area contributed by atoms with Crippen molar-refractivity contribution < 1.29 is 19.3 Å². The van der Waals surface area contributed by atoms with Crippen molar-refractivity contribution in [3.63, 3.8) is 0 Å². The van der Waals surface area contributed by atoms with Gasteiger partial charge in [-0.2, -0.15) is 9.97 Å². The molecule has 0 saturated carbocycles. The Bertz CT molecular complexity index is 1430. The Morgan fingerprint density at radius 2 is 1.58 bits per heavy atom. The van der Waals surface area contributed by atoms with Crippen LogP contribution in [0.2, 0.25) is 5.28 Å². The average Bonchev–Trinajstić information content (AvgIpc) is 3.55. The van der Waals surface area contributed by atoms with E-state index in [4.69, 9.17) is 30.8 Å². The smallest absolute Gasteiger partial charge is 0.226 e. The van der Waals surface area contributed by atoms with Crippen molar-refractivity contribution in [2.45, 2.75) is 49.6 Å². The lowest BCUT2D eigenvalue weighted by Crippen LogP contribution is -2.60. The summed E-state index contributed by atoms with van der Waals surface area (Å²) in [6.07, 6.45) is -0.247. The highest BCUT2D eigenvalue weighted by molar-refractivity contribution is 6.28. The van der Waals surface area contributed by atoms with Crippen LogP contribution < -0.4 is 4.90 Å². The van der Waals surface area contributed by atoms with Gasteiger partial charge in [0.2, 0.25) is 5.28 Å². The van der Waals surface area contributed by atoms with Crippen LogP contribution in [-0.2, 0) is 19.6 Å². The monoisotopic (exact) mass is 533 g/mol. The molecule has 1 N–H and O–H groups in total. The van der Waals surface area contributed by atoms with Gasteiger partial charge in [0.1, 0.15) is 18.3 Å². The molecule has 3 fully saturated rings. The summed E-state index contributed by atoms with van der Waals surface area (Å²) in [4.78, 5) is 16.0. The molecule has 3 aliphatic rings. The highest BCUT2D eigenvalue weighted by Crippen LogP contribution is 2.46. The molecule has 10 heteroatoms. The fourth-order valence-electron chi connectivity index (χ4n) is 6.11. The first-order chi connectivity index (χ1) is 18.4. The highest BCUT2D eigenvalue weighted by Gasteiger charge is 2.56. The lowest BCUT2D eigenvalue weighted by Gasteiger charge is -2.51. The van der Waals surface area contributed by atoms with Crippen LogP contribution in [0, 0.1) is 0 Å². The number of nitrogens with zero attached hydrogens (tertiary/aromatic N) is 5. The average molecular weight is 534 g/mol. The van der Waals surface area contributed by atoms with Crippen LogP contribution in [0.5, 0.6) is 0 Å². The van der Waals surface area contributed by atoms with E-state index in [2.05, 4.69) is 63.4 Å². The van der Waals surface area contributed by atoms with Gasteiger partial charge in [0, 0.05) is 13.1 Å². The minimum atomic E-state index is -0.783. The largest absolute Gasteiger partial charge is 0.394 e. The summed E-state index contributed by atoms with van der Waals surface area (Å²) in [6.45, 7) is 4.97. The van der Waals surface area contributed by atoms with E-state index in [0.717, 1.165) is 13.1 Å². The fourth-order valence-corrected chi connectivity index (χ4v) is 6.27. The summed E-state index contributed by atoms with van der Waals surface area (Å²) in [6, 6.07) is 21.1. The number of aliphatic hydroxyl groups excluding tert-OH is 1. The van der Waals surface area contributed by atoms with Crippen LogP contribution in [0.1, 0.15) is 31.2 Å². The minimum absolute atomic E-state index is 0.128. The zero-order valence-electron chi connectivity index (χ0n) is 21.1. The van der Waals surface area contributed by atoms with Crippen LogP contribution in [0.25, 0.3) is 11.2 Å². The van der Waals surface area contributed by atoms with Gasteiger partial charge in [0.05, 0.1) is 18.3 Å². The zero-order chi connectivity index (χ0) is 26.1. The molecule has 0 bridgehead atoms. The molecule has 38 heavy (non-hydrogen) atoms. The van der Waals surface area contributed by atoms with E-state index in [1.807, 2.05) is 30.5 Å². The van der Waals surface area contributed by atoms with Crippen LogP contribution in [0.3, 0.4) is 0 Å². The van der Waals surface area contributed by atoms with Crippen molar-refractivity contribution in [2.24, 2.45) is 0 Å². The molecule has 2 unspecified atom stereocenters. The molecule has 3 saturated heterocycles. The first-order valence-corrected chi connectivity index (χ1v) is 13.1. The molecule has 4 aromatic rings. The molecule has 9 nitrogen and oxygen atoms in total. The topological polar surface area (TPSA) is 94.8 Å². The second-order valence-corrected chi connectivity index (χ2v) is 11.0. The molecule has 196 valence electrons. The molecule has 4 atom stereocenters. The van der Waals surface area contributed by atoms with E-state index >= 15 is 0 Å². The van der Waals surface area contributed by atoms with Gasteiger partial charge in [-0.15, -0.1) is 0 Å². The van der Waals surface area contributed by atoms with E-state index in [1.165, 1.54) is 11.1 Å². The second-order valence-electron chi connectivity index (χ2n) is 10.6. The van der Waals surface area contributed by atoms with Crippen molar-refractivity contribution in [1.29, 1.82) is 0 Å². The van der Waals surface area contributed by atoms with Crippen molar-refractivity contribution in [1.82, 2.24) is 19.5 Å². The number of fused-ring (bicyclic) bond motifs is 2. The molecular formula is C28H28ClN5O4. The number of anilines is 1. The minimum Gasteiger partial charge on any atom is -0.394 e. The predicted octanol–water partition coefficient (Wildman–Crippen LogP) is 3.70. The third kappa shape index (κ3) is 3.65. The summed E-state index contributed by atoms with van der Waals surface area (Å²) in [5.74, 6) is -0.104. The van der Waals surface area contributed by atoms with Crippen molar-refractivity contribution in [3.05, 3.63) is 83.4 Å². The Morgan fingerprint density at radius 3 is 2.21 bits per heavy atom. The molecule has 5 heterocycles. The van der Waals surface area contributed by atoms with Gasteiger partial charge in [-0.3, -0.25) is 4.57 Å². The van der Waals surface area contributed by atoms with Gasteiger partial charge >= 0.3 is 0 Å². The van der Waals surface area contributed by atoms with Crippen molar-refractivity contribution in [3.8, 4) is 0 Å². The van der Waals surface area contributed by atoms with Gasteiger partial charge in [0.25, 0.3) is 0 Å². The van der Waals surface area contributed by atoms with Crippen LogP contribution in [-0.4, -0.2) is 68.4 Å². The number of halogens is 1. The number of aromatic nitrogens is 4. The number of rotatable bonds is 5. The number of hydrogen-bond donors (Lipinski definition) is 1. The molecule has 0 spiro atoms. The quantitative estimate of drug-likeness (QED) is 0.388. The summed E-state index contributed by atoms with van der Waals surface area (Å²) in [5, 5.41) is 10.0. The van der Waals surface area contributed by atoms with E-state index in [0.29, 0.717) is 17.0 Å². The summed E-state index contributed by atoms with van der Waals surface area (Å²) >= 11 is 6.48. The normalized spacial score (nSPS) is 27.4. The highest BCUT2D eigenvalue weighted by atomic mass is 35.5. The van der Waals surface area contributed by atoms with E-state index < -0.39 is 30.3 Å². The maximum atomic E-state index is 9.91. The van der Waals surface area contributed by atoms with Gasteiger partial charge < -0.3 is 24.2 Å². The Labute approximate surface area is 225 Å². The molecule has 0 radical (unpaired) electrons. The van der Waals surface area contributed by atoms with Crippen molar-refractivity contribution >= 4 is 28.6 Å². The second kappa shape index (κ2) is 8.72. The van der Waals surface area contributed by atoms with Crippen molar-refractivity contribution in [2.75, 3.05) is 24.6 Å². The molecular weight excluding hydrogens is 506 g/mol. The number of benzene rings is 2. The molecule has 0 aliphatic carbocycles. The van der Waals surface area contributed by atoms with Gasteiger partial charge in [-0.25, -0.2) is 4.98 Å². The first kappa shape index (κ1) is 24.0. The molecule has 2 aromatic heterocycles. The lowest BCUT2D eigenvalue weighted by molar-refractivity contribution is -0.199. The molecule has 3 aliphatic heterocycles. The summed E-state index contributed by atoms with van der Waals surface area (Å²) in [7, 11) is 0. The Kier molecular flexibility index (Phi) is 5.51. The third-order valence-corrected chi connectivity index (χ3v) is 8.00. The number of hydrogen-bond acceptors (Lipinski definition) is 8. The SMILES string of the molecule is CC1(C)OC2C(O1)[C@@H](CO)O[C@H]2n1cnc2c(N3CC(c4ccccc4)(c4ccccc4)C3)nc(Cl)nc21. The van der Waals surface area contributed by atoms with Gasteiger partial charge in [0.15, 0.2) is 29.0 Å². The van der Waals surface area contributed by atoms with Crippen LogP contribution in [0.15, 0.2) is 67.0 Å². The van der Waals surface area contributed by atoms with E-state index in [1.54, 1.807) is 6.33 Å². The maximum Gasteiger partial charge on any atom is 0.226 e. The van der Waals surface area contributed by atoms with Gasteiger partial charge in [-0.1, -0.05) is 60.7 Å². The number of imidazole rings is 1. The van der Waals surface area contributed by atoms with Crippen LogP contribution in [0.4, 0.5) is 5.82 Å². The van der Waals surface area contributed by atoms with E-state index in [9.17, 15) is 5.11 Å². The predicted molar refractivity (Wildman–Crippen MR) is 141 cm³/mol. The number of ether oxygens (including phenoxy) is 3. The Hall–Kier alpha value is -3.08. The van der Waals surface area contributed by atoms with Crippen LogP contribution >= 0.6 is 11.6 Å². The molecule has 0 amide bonds. The molecule has 2 aromatic carbocycles. The summed E-state index contributed by atoms with van der Waals surface area (Å²) < 4.78 is 20.2. The zero-order valence-corrected chi connectivity index (χ0v) is 21.8. The standard InChI is InChI=1S/C28H28ClN5O4/c1-27(2)37-21-19(13-35)36-25(22(21)38-27)34-16-30-20-23(31-26(29)32-24(20)34)33-14-28(15-33,17-9-5-3-6-10-17)18-11-7-4-8-12-18/h3-12,16,19,21-22,25,35H,13-15H2,1-2H3/t19-,21?,22?,25-/m1/s1. The third-order valence-electron chi connectivity index (χ3n) is 7.83. The molecule has 7 rings (SSSR count). The lowest BCUT2D eigenvalue weighted by atomic mass is 9.68. The fraction of sp³-hybridized carbons (Fsp3) is 0.393.